The maximum Gasteiger partial charge on any atom is 0.334 e. The van der Waals surface area contributed by atoms with E-state index >= 15 is 0 Å². The van der Waals surface area contributed by atoms with E-state index in [9.17, 15) is 14.4 Å². The summed E-state index contributed by atoms with van der Waals surface area (Å²) in [5.41, 5.74) is 2.07. The van der Waals surface area contributed by atoms with Crippen molar-refractivity contribution in [2.75, 3.05) is 0 Å². The van der Waals surface area contributed by atoms with E-state index in [1.54, 1.807) is 26.0 Å². The van der Waals surface area contributed by atoms with Gasteiger partial charge in [-0.05, 0) is 32.9 Å². The summed E-state index contributed by atoms with van der Waals surface area (Å²) in [6, 6.07) is 0. The zero-order chi connectivity index (χ0) is 19.0. The van der Waals surface area contributed by atoms with Crippen LogP contribution >= 0.6 is 0 Å². The maximum absolute atomic E-state index is 12.3. The number of fused-ring (bicyclic) bond motifs is 2. The number of carbonyl (C=O) groups is 3. The SMILES string of the molecule is C=C1C(=O)O[C@@H]2C=C(C)C[C@@H]3C=C(C[C@H](OC(=O)/C(C)=C\C)[C@@H]12)C(=O)O3. The molecule has 0 N–H and O–H groups in total. The lowest BCUT2D eigenvalue weighted by Crippen LogP contribution is -2.34. The molecule has 0 saturated carbocycles. The summed E-state index contributed by atoms with van der Waals surface area (Å²) in [7, 11) is 0. The van der Waals surface area contributed by atoms with Gasteiger partial charge in [-0.1, -0.05) is 18.2 Å². The molecule has 1 saturated heterocycles. The molecule has 6 nitrogen and oxygen atoms in total. The lowest BCUT2D eigenvalue weighted by Gasteiger charge is -2.26. The van der Waals surface area contributed by atoms with Gasteiger partial charge in [-0.3, -0.25) is 0 Å². The molecule has 0 aromatic rings. The van der Waals surface area contributed by atoms with Crippen molar-refractivity contribution in [2.45, 2.75) is 51.9 Å². The van der Waals surface area contributed by atoms with E-state index in [-0.39, 0.29) is 18.1 Å². The molecule has 1 aliphatic carbocycles. The van der Waals surface area contributed by atoms with E-state index in [0.717, 1.165) is 5.57 Å². The van der Waals surface area contributed by atoms with Crippen LogP contribution in [0.2, 0.25) is 0 Å². The lowest BCUT2D eigenvalue weighted by atomic mass is 9.85. The Bertz CT molecular complexity index is 769. The second kappa shape index (κ2) is 6.94. The van der Waals surface area contributed by atoms with E-state index < -0.39 is 36.0 Å². The Kier molecular flexibility index (Phi) is 4.85. The Morgan fingerprint density at radius 3 is 2.65 bits per heavy atom. The van der Waals surface area contributed by atoms with Crippen LogP contribution in [-0.2, 0) is 28.6 Å². The van der Waals surface area contributed by atoms with E-state index in [0.29, 0.717) is 17.6 Å². The molecule has 1 fully saturated rings. The van der Waals surface area contributed by atoms with Crippen LogP contribution in [0.3, 0.4) is 0 Å². The number of hydrogen-bond acceptors (Lipinski definition) is 6. The first-order valence-electron chi connectivity index (χ1n) is 8.62. The van der Waals surface area contributed by atoms with Crippen LogP contribution in [0.25, 0.3) is 0 Å². The quantitative estimate of drug-likeness (QED) is 0.327. The van der Waals surface area contributed by atoms with Gasteiger partial charge in [0.15, 0.2) is 0 Å². The topological polar surface area (TPSA) is 78.9 Å². The average molecular weight is 358 g/mol. The summed E-state index contributed by atoms with van der Waals surface area (Å²) >= 11 is 0. The number of hydrogen-bond donors (Lipinski definition) is 0. The second-order valence-electron chi connectivity index (χ2n) is 6.89. The molecule has 2 aliphatic heterocycles. The van der Waals surface area contributed by atoms with Crippen LogP contribution < -0.4 is 0 Å². The fourth-order valence-corrected chi connectivity index (χ4v) is 3.44. The van der Waals surface area contributed by atoms with E-state index in [1.165, 1.54) is 0 Å². The summed E-state index contributed by atoms with van der Waals surface area (Å²) in [6.45, 7) is 9.10. The van der Waals surface area contributed by atoms with Gasteiger partial charge in [-0.15, -0.1) is 0 Å². The molecule has 0 radical (unpaired) electrons. The first kappa shape index (κ1) is 18.2. The Labute approximate surface area is 152 Å². The molecule has 3 rings (SSSR count). The number of esters is 3. The number of ether oxygens (including phenoxy) is 3. The minimum absolute atomic E-state index is 0.155. The van der Waals surface area contributed by atoms with Gasteiger partial charge in [0.1, 0.15) is 18.3 Å². The fourth-order valence-electron chi connectivity index (χ4n) is 3.44. The summed E-state index contributed by atoms with van der Waals surface area (Å²) in [5.74, 6) is -1.96. The Morgan fingerprint density at radius 1 is 1.23 bits per heavy atom. The van der Waals surface area contributed by atoms with Crippen molar-refractivity contribution < 1.29 is 28.6 Å². The third kappa shape index (κ3) is 3.36. The summed E-state index contributed by atoms with van der Waals surface area (Å²) < 4.78 is 16.5. The van der Waals surface area contributed by atoms with E-state index in [2.05, 4.69) is 6.58 Å². The standard InChI is InChI=1S/C20H22O6/c1-5-11(3)18(21)25-16-9-13-8-14(24-20(13)23)6-10(2)7-15-17(16)12(4)19(22)26-15/h5,7-8,14-17H,4,6,9H2,1-3H3/b10-7?,11-5-/t14-,15-,16+,17+/m1/s1. The largest absolute Gasteiger partial charge is 0.458 e. The molecule has 0 aromatic carbocycles. The van der Waals surface area contributed by atoms with E-state index in [4.69, 9.17) is 14.2 Å². The molecule has 4 atom stereocenters. The zero-order valence-electron chi connectivity index (χ0n) is 15.1. The van der Waals surface area contributed by atoms with Crippen LogP contribution in [0.5, 0.6) is 0 Å². The number of allylic oxidation sites excluding steroid dienone is 1. The molecular formula is C20H22O6. The molecule has 0 unspecified atom stereocenters. The van der Waals surface area contributed by atoms with Crippen LogP contribution in [0, 0.1) is 5.92 Å². The Hall–Kier alpha value is -2.63. The third-order valence-electron chi connectivity index (χ3n) is 4.98. The van der Waals surface area contributed by atoms with Gasteiger partial charge in [0, 0.05) is 29.6 Å². The minimum atomic E-state index is -0.749. The van der Waals surface area contributed by atoms with Gasteiger partial charge in [0.25, 0.3) is 0 Å². The number of rotatable bonds is 2. The minimum Gasteiger partial charge on any atom is -0.458 e. The average Bonchev–Trinajstić information content (AvgIpc) is 3.04. The van der Waals surface area contributed by atoms with Crippen molar-refractivity contribution in [3.8, 4) is 0 Å². The molecule has 2 bridgehead atoms. The highest BCUT2D eigenvalue weighted by atomic mass is 16.6. The normalized spacial score (nSPS) is 31.5. The fraction of sp³-hybridized carbons (Fsp3) is 0.450. The van der Waals surface area contributed by atoms with Gasteiger partial charge >= 0.3 is 17.9 Å². The number of carbonyl (C=O) groups excluding carboxylic acids is 3. The monoisotopic (exact) mass is 358 g/mol. The summed E-state index contributed by atoms with van der Waals surface area (Å²) in [4.78, 5) is 36.6. The zero-order valence-corrected chi connectivity index (χ0v) is 15.1. The molecule has 26 heavy (non-hydrogen) atoms. The van der Waals surface area contributed by atoms with Crippen LogP contribution in [0.1, 0.15) is 33.6 Å². The summed E-state index contributed by atoms with van der Waals surface area (Å²) in [6.07, 6.45) is 4.26. The Morgan fingerprint density at radius 2 is 1.96 bits per heavy atom. The highest BCUT2D eigenvalue weighted by molar-refractivity contribution is 5.93. The Balaban J connectivity index is 2.00. The maximum atomic E-state index is 12.3. The smallest absolute Gasteiger partial charge is 0.334 e. The van der Waals surface area contributed by atoms with Crippen molar-refractivity contribution in [2.24, 2.45) is 5.92 Å². The van der Waals surface area contributed by atoms with Gasteiger partial charge in [0.2, 0.25) is 0 Å². The highest BCUT2D eigenvalue weighted by Gasteiger charge is 2.46. The molecule has 2 heterocycles. The van der Waals surface area contributed by atoms with Gasteiger partial charge in [-0.2, -0.15) is 0 Å². The van der Waals surface area contributed by atoms with Gasteiger partial charge < -0.3 is 14.2 Å². The van der Waals surface area contributed by atoms with Crippen LogP contribution in [0.15, 0.2) is 47.1 Å². The van der Waals surface area contributed by atoms with Crippen LogP contribution in [0.4, 0.5) is 0 Å². The first-order valence-corrected chi connectivity index (χ1v) is 8.62. The second-order valence-corrected chi connectivity index (χ2v) is 6.89. The van der Waals surface area contributed by atoms with Crippen molar-refractivity contribution in [1.82, 2.24) is 0 Å². The van der Waals surface area contributed by atoms with Crippen LogP contribution in [-0.4, -0.2) is 36.2 Å². The molecule has 6 heteroatoms. The van der Waals surface area contributed by atoms with Crippen molar-refractivity contribution in [3.05, 3.63) is 47.1 Å². The highest BCUT2D eigenvalue weighted by Crippen LogP contribution is 2.38. The molecule has 138 valence electrons. The predicted molar refractivity (Wildman–Crippen MR) is 92.8 cm³/mol. The van der Waals surface area contributed by atoms with Crippen molar-refractivity contribution in [3.63, 3.8) is 0 Å². The molecule has 0 aromatic heterocycles. The first-order chi connectivity index (χ1) is 12.3. The van der Waals surface area contributed by atoms with E-state index in [1.807, 2.05) is 13.0 Å². The van der Waals surface area contributed by atoms with Gasteiger partial charge in [-0.25, -0.2) is 14.4 Å². The molecule has 0 amide bonds. The molecular weight excluding hydrogens is 336 g/mol. The lowest BCUT2D eigenvalue weighted by molar-refractivity contribution is -0.148. The predicted octanol–water partition coefficient (Wildman–Crippen LogP) is 2.55. The molecule has 0 spiro atoms. The summed E-state index contributed by atoms with van der Waals surface area (Å²) in [5, 5.41) is 0. The van der Waals surface area contributed by atoms with Crippen molar-refractivity contribution >= 4 is 17.9 Å². The van der Waals surface area contributed by atoms with Gasteiger partial charge in [0.05, 0.1) is 5.92 Å². The van der Waals surface area contributed by atoms with Crippen molar-refractivity contribution in [1.29, 1.82) is 0 Å². The third-order valence-corrected chi connectivity index (χ3v) is 4.98. The molecule has 3 aliphatic rings.